The summed E-state index contributed by atoms with van der Waals surface area (Å²) in [5.41, 5.74) is 0. The molecule has 0 radical (unpaired) electrons. The van der Waals surface area contributed by atoms with Crippen molar-refractivity contribution in [2.24, 2.45) is 0 Å². The van der Waals surface area contributed by atoms with Crippen LogP contribution in [0.1, 0.15) is 19.8 Å². The van der Waals surface area contributed by atoms with Crippen LogP contribution in [0.5, 0.6) is 0 Å². The lowest BCUT2D eigenvalue weighted by Crippen LogP contribution is -2.43. The fourth-order valence-corrected chi connectivity index (χ4v) is 3.30. The molecule has 0 bridgehead atoms. The minimum Gasteiger partial charge on any atom is -0.377 e. The normalized spacial score (nSPS) is 13.9. The van der Waals surface area contributed by atoms with Gasteiger partial charge in [-0.25, -0.2) is 0 Å². The van der Waals surface area contributed by atoms with Crippen LogP contribution in [0.2, 0.25) is 6.04 Å². The summed E-state index contributed by atoms with van der Waals surface area (Å²) in [6, 6.07) is 1.42. The minimum absolute atomic E-state index is 0.563. The molecule has 1 unspecified atom stereocenters. The molecule has 104 valence electrons. The topological polar surface area (TPSA) is 51.8 Å². The molecule has 0 aromatic rings. The predicted octanol–water partition coefficient (Wildman–Crippen LogP) is 0.842. The van der Waals surface area contributed by atoms with Gasteiger partial charge >= 0.3 is 8.80 Å². The van der Waals surface area contributed by atoms with E-state index in [1.54, 1.807) is 21.3 Å². The molecule has 0 aliphatic heterocycles. The lowest BCUT2D eigenvalue weighted by atomic mass is 10.2. The first-order valence-corrected chi connectivity index (χ1v) is 8.10. The Morgan fingerprint density at radius 1 is 1.06 bits per heavy atom. The molecule has 0 heterocycles. The molecular formula is C11H28N2O3Si. The van der Waals surface area contributed by atoms with Gasteiger partial charge in [-0.2, -0.15) is 0 Å². The van der Waals surface area contributed by atoms with Crippen LogP contribution in [0.15, 0.2) is 0 Å². The van der Waals surface area contributed by atoms with Crippen LogP contribution in [-0.4, -0.2) is 56.3 Å². The fraction of sp³-hybridized carbons (Fsp3) is 1.00. The van der Waals surface area contributed by atoms with Crippen LogP contribution in [-0.2, 0) is 13.3 Å². The van der Waals surface area contributed by atoms with Gasteiger partial charge in [0.25, 0.3) is 0 Å². The summed E-state index contributed by atoms with van der Waals surface area (Å²) in [5, 5.41) is 6.63. The van der Waals surface area contributed by atoms with Crippen LogP contribution in [0.25, 0.3) is 0 Å². The highest BCUT2D eigenvalue weighted by molar-refractivity contribution is 6.60. The van der Waals surface area contributed by atoms with Crippen molar-refractivity contribution >= 4 is 8.80 Å². The van der Waals surface area contributed by atoms with Gasteiger partial charge in [0.2, 0.25) is 0 Å². The summed E-state index contributed by atoms with van der Waals surface area (Å²) in [4.78, 5) is 0. The van der Waals surface area contributed by atoms with Crippen LogP contribution in [0, 0.1) is 0 Å². The van der Waals surface area contributed by atoms with Crippen molar-refractivity contribution in [1.29, 1.82) is 0 Å². The van der Waals surface area contributed by atoms with E-state index >= 15 is 0 Å². The predicted molar refractivity (Wildman–Crippen MR) is 72.2 cm³/mol. The maximum absolute atomic E-state index is 5.36. The molecule has 17 heavy (non-hydrogen) atoms. The Kier molecular flexibility index (Phi) is 10.00. The third-order valence-electron chi connectivity index (χ3n) is 3.02. The van der Waals surface area contributed by atoms with E-state index in [0.717, 1.165) is 32.0 Å². The Balaban J connectivity index is 3.56. The molecule has 0 spiro atoms. The van der Waals surface area contributed by atoms with E-state index in [1.807, 2.05) is 7.05 Å². The van der Waals surface area contributed by atoms with E-state index in [-0.39, 0.29) is 0 Å². The van der Waals surface area contributed by atoms with E-state index in [9.17, 15) is 0 Å². The second-order valence-electron chi connectivity index (χ2n) is 4.13. The van der Waals surface area contributed by atoms with Crippen molar-refractivity contribution in [3.8, 4) is 0 Å². The summed E-state index contributed by atoms with van der Waals surface area (Å²) >= 11 is 0. The molecular weight excluding hydrogens is 236 g/mol. The highest BCUT2D eigenvalue weighted by Gasteiger charge is 2.36. The minimum atomic E-state index is -2.36. The van der Waals surface area contributed by atoms with Gasteiger partial charge in [0.1, 0.15) is 0 Å². The maximum atomic E-state index is 5.36. The number of nitrogens with one attached hydrogen (secondary N) is 2. The quantitative estimate of drug-likeness (QED) is 0.428. The lowest BCUT2D eigenvalue weighted by Gasteiger charge is -2.24. The van der Waals surface area contributed by atoms with E-state index < -0.39 is 8.80 Å². The Morgan fingerprint density at radius 3 is 2.12 bits per heavy atom. The Morgan fingerprint density at radius 2 is 1.65 bits per heavy atom. The van der Waals surface area contributed by atoms with E-state index in [1.165, 1.54) is 0 Å². The number of hydrogen-bond acceptors (Lipinski definition) is 5. The molecule has 0 saturated heterocycles. The molecule has 0 amide bonds. The fourth-order valence-electron chi connectivity index (χ4n) is 1.57. The zero-order valence-corrected chi connectivity index (χ0v) is 12.8. The van der Waals surface area contributed by atoms with Crippen molar-refractivity contribution in [1.82, 2.24) is 10.6 Å². The molecule has 0 saturated carbocycles. The van der Waals surface area contributed by atoms with Crippen LogP contribution < -0.4 is 10.6 Å². The molecule has 0 rings (SSSR count). The smallest absolute Gasteiger partial charge is 0.377 e. The molecule has 0 aliphatic carbocycles. The van der Waals surface area contributed by atoms with Gasteiger partial charge in [0.05, 0.1) is 0 Å². The van der Waals surface area contributed by atoms with Crippen molar-refractivity contribution in [2.75, 3.05) is 41.5 Å². The molecule has 2 N–H and O–H groups in total. The third-order valence-corrected chi connectivity index (χ3v) is 5.85. The first-order chi connectivity index (χ1) is 8.14. The van der Waals surface area contributed by atoms with Gasteiger partial charge in [-0.1, -0.05) is 0 Å². The van der Waals surface area contributed by atoms with Gasteiger partial charge in [0.15, 0.2) is 0 Å². The summed E-state index contributed by atoms with van der Waals surface area (Å²) in [6.45, 7) is 4.19. The highest BCUT2D eigenvalue weighted by Crippen LogP contribution is 2.14. The monoisotopic (exact) mass is 264 g/mol. The van der Waals surface area contributed by atoms with Crippen LogP contribution in [0.3, 0.4) is 0 Å². The second kappa shape index (κ2) is 9.99. The Bertz CT molecular complexity index is 172. The van der Waals surface area contributed by atoms with E-state index in [0.29, 0.717) is 6.04 Å². The van der Waals surface area contributed by atoms with Crippen LogP contribution in [0.4, 0.5) is 0 Å². The Labute approximate surface area is 107 Å². The SMILES string of the molecule is CNC(C)CCNCCC[Si](OC)(OC)OC. The molecule has 5 nitrogen and oxygen atoms in total. The Hall–Kier alpha value is 0.0169. The van der Waals surface area contributed by atoms with Crippen molar-refractivity contribution < 1.29 is 13.3 Å². The average Bonchev–Trinajstić information content (AvgIpc) is 2.38. The van der Waals surface area contributed by atoms with Crippen molar-refractivity contribution in [2.45, 2.75) is 31.9 Å². The van der Waals surface area contributed by atoms with Gasteiger partial charge in [-0.3, -0.25) is 0 Å². The standard InChI is InChI=1S/C11H28N2O3Si/c1-11(12-2)7-9-13-8-6-10-17(14-3,15-4)16-5/h11-13H,6-10H2,1-5H3. The van der Waals surface area contributed by atoms with Gasteiger partial charge in [0, 0.05) is 33.4 Å². The second-order valence-corrected chi connectivity index (χ2v) is 7.22. The van der Waals surface area contributed by atoms with E-state index in [2.05, 4.69) is 17.6 Å². The number of hydrogen-bond donors (Lipinski definition) is 2. The van der Waals surface area contributed by atoms with Crippen molar-refractivity contribution in [3.63, 3.8) is 0 Å². The third kappa shape index (κ3) is 7.12. The summed E-state index contributed by atoms with van der Waals surface area (Å²) in [6.07, 6.45) is 2.15. The summed E-state index contributed by atoms with van der Waals surface area (Å²) in [7, 11) is 4.59. The highest BCUT2D eigenvalue weighted by atomic mass is 28.4. The number of rotatable bonds is 11. The first kappa shape index (κ1) is 17.0. The summed E-state index contributed by atoms with van der Waals surface area (Å²) < 4.78 is 16.1. The molecule has 0 aromatic heterocycles. The van der Waals surface area contributed by atoms with E-state index in [4.69, 9.17) is 13.3 Å². The molecule has 0 aliphatic rings. The van der Waals surface area contributed by atoms with Crippen LogP contribution >= 0.6 is 0 Å². The van der Waals surface area contributed by atoms with Gasteiger partial charge in [-0.15, -0.1) is 0 Å². The first-order valence-electron chi connectivity index (χ1n) is 6.17. The average molecular weight is 264 g/mol. The zero-order chi connectivity index (χ0) is 13.1. The van der Waals surface area contributed by atoms with Gasteiger partial charge in [-0.05, 0) is 39.9 Å². The van der Waals surface area contributed by atoms with Crippen molar-refractivity contribution in [3.05, 3.63) is 0 Å². The molecule has 1 atom stereocenters. The largest absolute Gasteiger partial charge is 0.500 e. The maximum Gasteiger partial charge on any atom is 0.500 e. The molecule has 6 heteroatoms. The molecule has 0 fully saturated rings. The lowest BCUT2D eigenvalue weighted by molar-refractivity contribution is 0.123. The summed E-state index contributed by atoms with van der Waals surface area (Å²) in [5.74, 6) is 0. The van der Waals surface area contributed by atoms with Gasteiger partial charge < -0.3 is 23.9 Å². The molecule has 0 aromatic carbocycles. The zero-order valence-electron chi connectivity index (χ0n) is 11.8.